The second-order valence-corrected chi connectivity index (χ2v) is 5.66. The molecule has 2 aromatic carbocycles. The lowest BCUT2D eigenvalue weighted by molar-refractivity contribution is -0.120. The van der Waals surface area contributed by atoms with E-state index in [0.717, 1.165) is 5.56 Å². The molecule has 3 N–H and O–H groups in total. The van der Waals surface area contributed by atoms with Crippen LogP contribution >= 0.6 is 0 Å². The van der Waals surface area contributed by atoms with Gasteiger partial charge in [0.1, 0.15) is 5.82 Å². The first-order valence-corrected chi connectivity index (χ1v) is 6.74. The SMILES string of the molecule is Cc1cc(F)ccc1NC(=O)C(C)(C)c1ccc(N)cc1. The molecule has 110 valence electrons. The molecular weight excluding hydrogens is 267 g/mol. The fraction of sp³-hybridized carbons (Fsp3) is 0.235. The Morgan fingerprint density at radius 2 is 1.76 bits per heavy atom. The van der Waals surface area contributed by atoms with Crippen molar-refractivity contribution >= 4 is 17.3 Å². The summed E-state index contributed by atoms with van der Waals surface area (Å²) in [6, 6.07) is 11.5. The van der Waals surface area contributed by atoms with Crippen molar-refractivity contribution in [1.29, 1.82) is 0 Å². The topological polar surface area (TPSA) is 55.1 Å². The third-order valence-corrected chi connectivity index (χ3v) is 3.64. The summed E-state index contributed by atoms with van der Waals surface area (Å²) in [7, 11) is 0. The molecule has 21 heavy (non-hydrogen) atoms. The first-order chi connectivity index (χ1) is 9.80. The van der Waals surface area contributed by atoms with Gasteiger partial charge >= 0.3 is 0 Å². The number of nitrogen functional groups attached to an aromatic ring is 1. The van der Waals surface area contributed by atoms with Crippen molar-refractivity contribution in [3.63, 3.8) is 0 Å². The van der Waals surface area contributed by atoms with Crippen molar-refractivity contribution < 1.29 is 9.18 Å². The lowest BCUT2D eigenvalue weighted by atomic mass is 9.83. The van der Waals surface area contributed by atoms with Crippen molar-refractivity contribution in [2.24, 2.45) is 0 Å². The van der Waals surface area contributed by atoms with E-state index in [1.165, 1.54) is 12.1 Å². The number of halogens is 1. The van der Waals surface area contributed by atoms with Crippen LogP contribution < -0.4 is 11.1 Å². The van der Waals surface area contributed by atoms with E-state index in [9.17, 15) is 9.18 Å². The van der Waals surface area contributed by atoms with Crippen LogP contribution in [-0.2, 0) is 10.2 Å². The standard InChI is InChI=1S/C17H19FN2O/c1-11-10-13(18)6-9-15(11)20-16(21)17(2,3)12-4-7-14(19)8-5-12/h4-10H,19H2,1-3H3,(H,20,21). The minimum Gasteiger partial charge on any atom is -0.399 e. The van der Waals surface area contributed by atoms with E-state index in [1.54, 1.807) is 25.1 Å². The lowest BCUT2D eigenvalue weighted by Crippen LogP contribution is -2.34. The maximum Gasteiger partial charge on any atom is 0.234 e. The van der Waals surface area contributed by atoms with Crippen LogP contribution in [0.3, 0.4) is 0 Å². The minimum atomic E-state index is -0.714. The van der Waals surface area contributed by atoms with E-state index in [-0.39, 0.29) is 11.7 Å². The summed E-state index contributed by atoms with van der Waals surface area (Å²) in [5.74, 6) is -0.467. The normalized spacial score (nSPS) is 11.2. The molecule has 2 aromatic rings. The fourth-order valence-electron chi connectivity index (χ4n) is 2.08. The van der Waals surface area contributed by atoms with Crippen LogP contribution in [0.15, 0.2) is 42.5 Å². The highest BCUT2D eigenvalue weighted by Gasteiger charge is 2.30. The highest BCUT2D eigenvalue weighted by Crippen LogP contribution is 2.27. The molecule has 4 heteroatoms. The number of nitrogens with two attached hydrogens (primary N) is 1. The predicted octanol–water partition coefficient (Wildman–Crippen LogP) is 3.63. The number of carbonyl (C=O) groups is 1. The Morgan fingerprint density at radius 3 is 2.33 bits per heavy atom. The van der Waals surface area contributed by atoms with Gasteiger partial charge in [0.05, 0.1) is 5.41 Å². The van der Waals surface area contributed by atoms with Crippen LogP contribution in [0.25, 0.3) is 0 Å². The smallest absolute Gasteiger partial charge is 0.234 e. The molecule has 0 spiro atoms. The third-order valence-electron chi connectivity index (χ3n) is 3.64. The zero-order chi connectivity index (χ0) is 15.6. The highest BCUT2D eigenvalue weighted by atomic mass is 19.1. The number of anilines is 2. The Labute approximate surface area is 124 Å². The molecule has 3 nitrogen and oxygen atoms in total. The van der Waals surface area contributed by atoms with Crippen molar-refractivity contribution in [2.45, 2.75) is 26.2 Å². The van der Waals surface area contributed by atoms with Crippen LogP contribution in [0.4, 0.5) is 15.8 Å². The van der Waals surface area contributed by atoms with Gasteiger partial charge < -0.3 is 11.1 Å². The number of rotatable bonds is 3. The van der Waals surface area contributed by atoms with Crippen LogP contribution in [0.5, 0.6) is 0 Å². The molecule has 1 amide bonds. The summed E-state index contributed by atoms with van der Waals surface area (Å²) in [6.07, 6.45) is 0. The Balaban J connectivity index is 2.24. The van der Waals surface area contributed by atoms with Gasteiger partial charge in [0, 0.05) is 11.4 Å². The molecule has 0 aromatic heterocycles. The zero-order valence-electron chi connectivity index (χ0n) is 12.4. The Bertz CT molecular complexity index is 663. The summed E-state index contributed by atoms with van der Waals surface area (Å²) in [5.41, 5.74) is 7.79. The van der Waals surface area contributed by atoms with E-state index in [1.807, 2.05) is 26.0 Å². The largest absolute Gasteiger partial charge is 0.399 e. The average molecular weight is 286 g/mol. The van der Waals surface area contributed by atoms with Gasteiger partial charge in [-0.3, -0.25) is 4.79 Å². The number of nitrogens with one attached hydrogen (secondary N) is 1. The molecule has 0 atom stereocenters. The second kappa shape index (κ2) is 5.56. The number of aryl methyl sites for hydroxylation is 1. The molecular formula is C17H19FN2O. The molecule has 0 aliphatic rings. The van der Waals surface area contributed by atoms with E-state index < -0.39 is 5.41 Å². The minimum absolute atomic E-state index is 0.151. The summed E-state index contributed by atoms with van der Waals surface area (Å²) in [6.45, 7) is 5.44. The van der Waals surface area contributed by atoms with Crippen LogP contribution in [0, 0.1) is 12.7 Å². The third kappa shape index (κ3) is 3.21. The van der Waals surface area contributed by atoms with Gasteiger partial charge in [0.15, 0.2) is 0 Å². The van der Waals surface area contributed by atoms with E-state index >= 15 is 0 Å². The van der Waals surface area contributed by atoms with E-state index in [0.29, 0.717) is 16.9 Å². The summed E-state index contributed by atoms with van der Waals surface area (Å²) in [4.78, 5) is 12.5. The highest BCUT2D eigenvalue weighted by molar-refractivity contribution is 5.99. The van der Waals surface area contributed by atoms with Crippen LogP contribution in [0.1, 0.15) is 25.0 Å². The molecule has 0 saturated carbocycles. The molecule has 0 saturated heterocycles. The van der Waals surface area contributed by atoms with Gasteiger partial charge in [-0.2, -0.15) is 0 Å². The lowest BCUT2D eigenvalue weighted by Gasteiger charge is -2.25. The predicted molar refractivity (Wildman–Crippen MR) is 83.6 cm³/mol. The summed E-state index contributed by atoms with van der Waals surface area (Å²) < 4.78 is 13.1. The Morgan fingerprint density at radius 1 is 1.14 bits per heavy atom. The molecule has 0 heterocycles. The maximum atomic E-state index is 13.1. The van der Waals surface area contributed by atoms with Gasteiger partial charge in [-0.05, 0) is 62.2 Å². The summed E-state index contributed by atoms with van der Waals surface area (Å²) in [5, 5.41) is 2.85. The fourth-order valence-corrected chi connectivity index (χ4v) is 2.08. The van der Waals surface area contributed by atoms with Gasteiger partial charge in [-0.1, -0.05) is 12.1 Å². The Hall–Kier alpha value is -2.36. The first-order valence-electron chi connectivity index (χ1n) is 6.74. The summed E-state index contributed by atoms with van der Waals surface area (Å²) >= 11 is 0. The van der Waals surface area contributed by atoms with E-state index in [2.05, 4.69) is 5.32 Å². The molecule has 0 radical (unpaired) electrons. The van der Waals surface area contributed by atoms with Crippen molar-refractivity contribution in [2.75, 3.05) is 11.1 Å². The maximum absolute atomic E-state index is 13.1. The van der Waals surface area contributed by atoms with Crippen molar-refractivity contribution in [3.05, 3.63) is 59.4 Å². The van der Waals surface area contributed by atoms with Gasteiger partial charge in [-0.15, -0.1) is 0 Å². The van der Waals surface area contributed by atoms with Crippen LogP contribution in [-0.4, -0.2) is 5.91 Å². The quantitative estimate of drug-likeness (QED) is 0.846. The molecule has 0 fully saturated rings. The van der Waals surface area contributed by atoms with Crippen molar-refractivity contribution in [1.82, 2.24) is 0 Å². The molecule has 0 bridgehead atoms. The van der Waals surface area contributed by atoms with Gasteiger partial charge in [0.2, 0.25) is 5.91 Å². The second-order valence-electron chi connectivity index (χ2n) is 5.66. The van der Waals surface area contributed by atoms with E-state index in [4.69, 9.17) is 5.73 Å². The monoisotopic (exact) mass is 286 g/mol. The molecule has 0 aliphatic heterocycles. The number of carbonyl (C=O) groups excluding carboxylic acids is 1. The number of hydrogen-bond donors (Lipinski definition) is 2. The van der Waals surface area contributed by atoms with Crippen molar-refractivity contribution in [3.8, 4) is 0 Å². The van der Waals surface area contributed by atoms with Gasteiger partial charge in [-0.25, -0.2) is 4.39 Å². The number of benzene rings is 2. The zero-order valence-corrected chi connectivity index (χ0v) is 12.4. The first kappa shape index (κ1) is 15.0. The molecule has 0 unspecified atom stereocenters. The average Bonchev–Trinajstić information content (AvgIpc) is 2.42. The van der Waals surface area contributed by atoms with Crippen LogP contribution in [0.2, 0.25) is 0 Å². The number of hydrogen-bond acceptors (Lipinski definition) is 2. The molecule has 0 aliphatic carbocycles. The molecule has 2 rings (SSSR count). The Kier molecular flexibility index (Phi) is 3.98. The van der Waals surface area contributed by atoms with Gasteiger partial charge in [0.25, 0.3) is 0 Å². The number of amides is 1.